The molecule has 0 spiro atoms. The highest BCUT2D eigenvalue weighted by atomic mass is 79.9. The largest absolute Gasteiger partial charge is 0.316 e. The topological polar surface area (TPSA) is 12.0 Å². The van der Waals surface area contributed by atoms with Crippen LogP contribution in [0.5, 0.6) is 0 Å². The molecule has 1 aromatic rings. The van der Waals surface area contributed by atoms with Gasteiger partial charge in [0.1, 0.15) is 5.82 Å². The van der Waals surface area contributed by atoms with Crippen molar-refractivity contribution in [2.75, 3.05) is 24.3 Å². The van der Waals surface area contributed by atoms with Gasteiger partial charge in [0, 0.05) is 28.6 Å². The van der Waals surface area contributed by atoms with E-state index < -0.39 is 0 Å². The molecular formula is C13H17BrFNS2. The van der Waals surface area contributed by atoms with Gasteiger partial charge >= 0.3 is 0 Å². The Morgan fingerprint density at radius 1 is 1.50 bits per heavy atom. The molecule has 1 saturated heterocycles. The van der Waals surface area contributed by atoms with Crippen LogP contribution in [0.1, 0.15) is 5.56 Å². The Labute approximate surface area is 125 Å². The van der Waals surface area contributed by atoms with Crippen LogP contribution in [-0.4, -0.2) is 35.6 Å². The van der Waals surface area contributed by atoms with Gasteiger partial charge in [-0.1, -0.05) is 6.07 Å². The Morgan fingerprint density at radius 2 is 2.33 bits per heavy atom. The lowest BCUT2D eigenvalue weighted by Gasteiger charge is -2.29. The van der Waals surface area contributed by atoms with Crippen molar-refractivity contribution in [2.24, 2.45) is 0 Å². The zero-order valence-corrected chi connectivity index (χ0v) is 13.5. The minimum atomic E-state index is -0.192. The van der Waals surface area contributed by atoms with E-state index in [0.29, 0.717) is 15.8 Å². The van der Waals surface area contributed by atoms with Gasteiger partial charge in [-0.25, -0.2) is 4.39 Å². The van der Waals surface area contributed by atoms with Crippen LogP contribution in [0.15, 0.2) is 22.7 Å². The standard InChI is InChI=1S/C13H17BrFNS2/c1-16-12(13-8-17-4-5-18-13)7-9-2-3-11(15)10(14)6-9/h2-3,6,12-13,16H,4-5,7-8H2,1H3. The quantitative estimate of drug-likeness (QED) is 0.892. The molecule has 0 aromatic heterocycles. The molecule has 1 fully saturated rings. The molecule has 0 bridgehead atoms. The summed E-state index contributed by atoms with van der Waals surface area (Å²) in [4.78, 5) is 0. The summed E-state index contributed by atoms with van der Waals surface area (Å²) in [6, 6.07) is 5.76. The fourth-order valence-corrected chi connectivity index (χ4v) is 5.43. The highest BCUT2D eigenvalue weighted by Crippen LogP contribution is 2.28. The third-order valence-electron chi connectivity index (χ3n) is 3.10. The summed E-state index contributed by atoms with van der Waals surface area (Å²) >= 11 is 7.34. The Bertz CT molecular complexity index is 397. The van der Waals surface area contributed by atoms with Crippen LogP contribution in [0.4, 0.5) is 4.39 Å². The third kappa shape index (κ3) is 3.89. The Kier molecular flexibility index (Phi) is 5.86. The van der Waals surface area contributed by atoms with E-state index in [4.69, 9.17) is 0 Å². The number of nitrogens with one attached hydrogen (secondary N) is 1. The lowest BCUT2D eigenvalue weighted by molar-refractivity contribution is 0.555. The summed E-state index contributed by atoms with van der Waals surface area (Å²) in [5.74, 6) is 3.51. The second-order valence-electron chi connectivity index (χ2n) is 4.33. The van der Waals surface area contributed by atoms with Crippen LogP contribution in [0, 0.1) is 5.82 Å². The van der Waals surface area contributed by atoms with Crippen molar-refractivity contribution in [2.45, 2.75) is 17.7 Å². The number of thioether (sulfide) groups is 2. The van der Waals surface area contributed by atoms with Crippen molar-refractivity contribution in [1.29, 1.82) is 0 Å². The molecule has 1 aliphatic rings. The summed E-state index contributed by atoms with van der Waals surface area (Å²) < 4.78 is 13.8. The molecule has 0 saturated carbocycles. The molecule has 0 radical (unpaired) electrons. The maximum Gasteiger partial charge on any atom is 0.137 e. The van der Waals surface area contributed by atoms with E-state index in [0.717, 1.165) is 6.42 Å². The molecule has 1 aromatic carbocycles. The molecule has 1 heterocycles. The van der Waals surface area contributed by atoms with Gasteiger partial charge in [-0.15, -0.1) is 0 Å². The first-order valence-corrected chi connectivity index (χ1v) is 9.01. The number of rotatable bonds is 4. The van der Waals surface area contributed by atoms with Gasteiger partial charge in [0.2, 0.25) is 0 Å². The van der Waals surface area contributed by atoms with Crippen LogP contribution in [0.2, 0.25) is 0 Å². The van der Waals surface area contributed by atoms with Crippen molar-refractivity contribution < 1.29 is 4.39 Å². The van der Waals surface area contributed by atoms with Crippen molar-refractivity contribution in [3.05, 3.63) is 34.1 Å². The van der Waals surface area contributed by atoms with Crippen LogP contribution in [0.3, 0.4) is 0 Å². The number of likely N-dealkylation sites (N-methyl/N-ethyl adjacent to an activating group) is 1. The number of hydrogen-bond donors (Lipinski definition) is 1. The van der Waals surface area contributed by atoms with Gasteiger partial charge in [0.25, 0.3) is 0 Å². The lowest BCUT2D eigenvalue weighted by Crippen LogP contribution is -2.40. The maximum atomic E-state index is 13.2. The van der Waals surface area contributed by atoms with Crippen LogP contribution >= 0.6 is 39.5 Å². The van der Waals surface area contributed by atoms with Crippen molar-refractivity contribution in [1.82, 2.24) is 5.32 Å². The third-order valence-corrected chi connectivity index (χ3v) is 6.63. The van der Waals surface area contributed by atoms with E-state index in [1.165, 1.54) is 28.9 Å². The monoisotopic (exact) mass is 349 g/mol. The molecule has 0 amide bonds. The summed E-state index contributed by atoms with van der Waals surface area (Å²) in [6.07, 6.45) is 0.952. The Hall–Kier alpha value is 0.290. The summed E-state index contributed by atoms with van der Waals surface area (Å²) in [6.45, 7) is 0. The van der Waals surface area contributed by atoms with E-state index in [1.54, 1.807) is 0 Å². The van der Waals surface area contributed by atoms with Gasteiger partial charge in [0.15, 0.2) is 0 Å². The van der Waals surface area contributed by atoms with Crippen LogP contribution in [-0.2, 0) is 6.42 Å². The van der Waals surface area contributed by atoms with Gasteiger partial charge in [-0.05, 0) is 47.1 Å². The van der Waals surface area contributed by atoms with Crippen molar-refractivity contribution in [3.8, 4) is 0 Å². The molecule has 2 atom stereocenters. The summed E-state index contributed by atoms with van der Waals surface area (Å²) in [7, 11) is 2.02. The predicted octanol–water partition coefficient (Wildman–Crippen LogP) is 3.57. The molecule has 1 N–H and O–H groups in total. The van der Waals surface area contributed by atoms with E-state index >= 15 is 0 Å². The van der Waals surface area contributed by atoms with Crippen molar-refractivity contribution in [3.63, 3.8) is 0 Å². The van der Waals surface area contributed by atoms with Gasteiger partial charge in [0.05, 0.1) is 4.47 Å². The molecule has 18 heavy (non-hydrogen) atoms. The average molecular weight is 350 g/mol. The molecule has 1 aliphatic heterocycles. The normalized spacial score (nSPS) is 21.8. The van der Waals surface area contributed by atoms with E-state index in [1.807, 2.05) is 30.9 Å². The average Bonchev–Trinajstić information content (AvgIpc) is 2.41. The molecule has 1 nitrogen and oxygen atoms in total. The number of halogens is 2. The minimum Gasteiger partial charge on any atom is -0.316 e. The zero-order chi connectivity index (χ0) is 13.0. The number of hydrogen-bond acceptors (Lipinski definition) is 3. The highest BCUT2D eigenvalue weighted by Gasteiger charge is 2.23. The zero-order valence-electron chi connectivity index (χ0n) is 10.3. The van der Waals surface area contributed by atoms with E-state index in [-0.39, 0.29) is 5.82 Å². The molecular weight excluding hydrogens is 333 g/mol. The maximum absolute atomic E-state index is 13.2. The number of benzene rings is 1. The highest BCUT2D eigenvalue weighted by molar-refractivity contribution is 9.10. The SMILES string of the molecule is CNC(Cc1ccc(F)c(Br)c1)C1CSCCS1. The first-order chi connectivity index (χ1) is 8.70. The fraction of sp³-hybridized carbons (Fsp3) is 0.538. The summed E-state index contributed by atoms with van der Waals surface area (Å²) in [5.41, 5.74) is 1.18. The summed E-state index contributed by atoms with van der Waals surface area (Å²) in [5, 5.41) is 4.06. The van der Waals surface area contributed by atoms with Gasteiger partial charge in [-0.3, -0.25) is 0 Å². The molecule has 2 rings (SSSR count). The fourth-order valence-electron chi connectivity index (χ4n) is 2.08. The van der Waals surface area contributed by atoms with Gasteiger partial charge in [-0.2, -0.15) is 23.5 Å². The Balaban J connectivity index is 2.02. The first kappa shape index (κ1) is 14.7. The molecule has 100 valence electrons. The van der Waals surface area contributed by atoms with Crippen LogP contribution in [0.25, 0.3) is 0 Å². The first-order valence-electron chi connectivity index (χ1n) is 6.01. The molecule has 5 heteroatoms. The second kappa shape index (κ2) is 7.17. The smallest absolute Gasteiger partial charge is 0.137 e. The Morgan fingerprint density at radius 3 is 2.94 bits per heavy atom. The predicted molar refractivity (Wildman–Crippen MR) is 84.2 cm³/mol. The van der Waals surface area contributed by atoms with Crippen molar-refractivity contribution >= 4 is 39.5 Å². The van der Waals surface area contributed by atoms with Crippen LogP contribution < -0.4 is 5.32 Å². The minimum absolute atomic E-state index is 0.192. The molecule has 2 unspecified atom stereocenters. The second-order valence-corrected chi connectivity index (χ2v) is 7.68. The lowest BCUT2D eigenvalue weighted by atomic mass is 10.0. The van der Waals surface area contributed by atoms with Gasteiger partial charge < -0.3 is 5.32 Å². The van der Waals surface area contributed by atoms with E-state index in [2.05, 4.69) is 33.0 Å². The van der Waals surface area contributed by atoms with E-state index in [9.17, 15) is 4.39 Å². The molecule has 0 aliphatic carbocycles.